The Hall–Kier alpha value is 0.380. The van der Waals surface area contributed by atoms with Gasteiger partial charge in [-0.25, -0.2) is 13.1 Å². The summed E-state index contributed by atoms with van der Waals surface area (Å²) in [6.07, 6.45) is 9.96. The summed E-state index contributed by atoms with van der Waals surface area (Å²) in [5, 5.41) is 10.1. The average molecular weight is 315 g/mol. The minimum atomic E-state index is -3.45. The van der Waals surface area contributed by atoms with E-state index in [2.05, 4.69) is 6.92 Å². The molecule has 0 rings (SSSR count). The number of hydrogen-bond donors (Lipinski definition) is 1. The van der Waals surface area contributed by atoms with Crippen molar-refractivity contribution in [1.29, 1.82) is 0 Å². The zero-order chi connectivity index (χ0) is 14.6. The molecule has 0 fully saturated rings. The third-order valence-corrected chi connectivity index (χ3v) is 4.36. The van der Waals surface area contributed by atoms with Crippen LogP contribution in [0.25, 0.3) is 0 Å². The Labute approximate surface area is 145 Å². The maximum atomic E-state index is 11.3. The van der Waals surface area contributed by atoms with Gasteiger partial charge in [-0.2, -0.15) is 0 Å². The molecule has 0 aromatic carbocycles. The molecule has 0 saturated carbocycles. The first-order valence-corrected chi connectivity index (χ1v) is 8.80. The largest absolute Gasteiger partial charge is 1.00 e. The number of carbonyl (C=O) groups is 1. The standard InChI is InChI=1S/C13H27NO4S.Na/c1-2-3-4-5-6-7-8-9-10-11-19(17,18)14-12-13(15)16;/h14H,2-12H2,1H3,(H,15,16);/q;+1/p-1. The van der Waals surface area contributed by atoms with Gasteiger partial charge in [0.05, 0.1) is 18.3 Å². The van der Waals surface area contributed by atoms with Crippen LogP contribution in [-0.4, -0.2) is 26.7 Å². The molecule has 0 amide bonds. The normalized spacial score (nSPS) is 11.1. The number of carbonyl (C=O) groups excluding carboxylic acids is 1. The summed E-state index contributed by atoms with van der Waals surface area (Å²) in [6, 6.07) is 0. The summed E-state index contributed by atoms with van der Waals surface area (Å²) < 4.78 is 24.7. The van der Waals surface area contributed by atoms with Crippen LogP contribution in [0.3, 0.4) is 0 Å². The third kappa shape index (κ3) is 16.4. The SMILES string of the molecule is CCCCCCCCCCCS(=O)(=O)NCC(=O)[O-].[Na+]. The summed E-state index contributed by atoms with van der Waals surface area (Å²) in [7, 11) is -3.45. The Morgan fingerprint density at radius 3 is 1.85 bits per heavy atom. The smallest absolute Gasteiger partial charge is 0.549 e. The maximum absolute atomic E-state index is 11.3. The Balaban J connectivity index is 0. The second-order valence-electron chi connectivity index (χ2n) is 4.84. The fraction of sp³-hybridized carbons (Fsp3) is 0.923. The minimum Gasteiger partial charge on any atom is -0.549 e. The van der Waals surface area contributed by atoms with Gasteiger partial charge < -0.3 is 9.90 Å². The van der Waals surface area contributed by atoms with Crippen LogP contribution in [0.1, 0.15) is 64.7 Å². The van der Waals surface area contributed by atoms with Gasteiger partial charge in [0.25, 0.3) is 0 Å². The van der Waals surface area contributed by atoms with Gasteiger partial charge in [-0.05, 0) is 6.42 Å². The summed E-state index contributed by atoms with van der Waals surface area (Å²) >= 11 is 0. The van der Waals surface area contributed by atoms with Crippen molar-refractivity contribution in [3.63, 3.8) is 0 Å². The fourth-order valence-corrected chi connectivity index (χ4v) is 2.91. The Kier molecular flexibility index (Phi) is 16.2. The predicted molar refractivity (Wildman–Crippen MR) is 74.0 cm³/mol. The van der Waals surface area contributed by atoms with Crippen molar-refractivity contribution >= 4 is 16.0 Å². The monoisotopic (exact) mass is 315 g/mol. The second kappa shape index (κ2) is 14.3. The van der Waals surface area contributed by atoms with Crippen molar-refractivity contribution in [3.8, 4) is 0 Å². The molecule has 0 radical (unpaired) electrons. The molecule has 0 spiro atoms. The van der Waals surface area contributed by atoms with E-state index in [1.54, 1.807) is 0 Å². The van der Waals surface area contributed by atoms with Gasteiger partial charge in [-0.1, -0.05) is 58.3 Å². The molecule has 1 N–H and O–H groups in total. The molecule has 5 nitrogen and oxygen atoms in total. The van der Waals surface area contributed by atoms with Crippen molar-refractivity contribution in [2.75, 3.05) is 12.3 Å². The van der Waals surface area contributed by atoms with E-state index in [4.69, 9.17) is 0 Å². The zero-order valence-corrected chi connectivity index (χ0v) is 15.6. The molecule has 0 aliphatic rings. The molecular weight excluding hydrogens is 289 g/mol. The van der Waals surface area contributed by atoms with Gasteiger partial charge in [0.1, 0.15) is 0 Å². The van der Waals surface area contributed by atoms with E-state index in [0.717, 1.165) is 19.3 Å². The number of carboxylic acids is 1. The molecular formula is C13H26NNaO4S. The molecule has 0 aliphatic heterocycles. The fourth-order valence-electron chi connectivity index (χ4n) is 1.84. The topological polar surface area (TPSA) is 86.3 Å². The first-order chi connectivity index (χ1) is 8.98. The molecule has 0 unspecified atom stereocenters. The third-order valence-electron chi connectivity index (χ3n) is 2.95. The molecule has 0 aromatic rings. The summed E-state index contributed by atoms with van der Waals surface area (Å²) in [4.78, 5) is 10.1. The number of unbranched alkanes of at least 4 members (excludes halogenated alkanes) is 8. The van der Waals surface area contributed by atoms with E-state index in [1.165, 1.54) is 32.1 Å². The van der Waals surface area contributed by atoms with Crippen LogP contribution in [0, 0.1) is 0 Å². The van der Waals surface area contributed by atoms with Gasteiger partial charge in [0, 0.05) is 0 Å². The number of sulfonamides is 1. The average Bonchev–Trinajstić information content (AvgIpc) is 2.34. The van der Waals surface area contributed by atoms with E-state index in [1.807, 2.05) is 4.72 Å². The van der Waals surface area contributed by atoms with Crippen LogP contribution >= 0.6 is 0 Å². The van der Waals surface area contributed by atoms with Gasteiger partial charge >= 0.3 is 29.6 Å². The number of aliphatic carboxylic acids is 1. The van der Waals surface area contributed by atoms with Crippen LogP contribution in [0.5, 0.6) is 0 Å². The van der Waals surface area contributed by atoms with Crippen LogP contribution in [-0.2, 0) is 14.8 Å². The number of nitrogens with one attached hydrogen (secondary N) is 1. The quantitative estimate of drug-likeness (QED) is 0.321. The number of carboxylic acid groups (broad SMARTS) is 1. The van der Waals surface area contributed by atoms with Crippen molar-refractivity contribution < 1.29 is 47.9 Å². The van der Waals surface area contributed by atoms with E-state index in [0.29, 0.717) is 6.42 Å². The van der Waals surface area contributed by atoms with E-state index in [9.17, 15) is 18.3 Å². The number of hydrogen-bond acceptors (Lipinski definition) is 4. The molecule has 0 bridgehead atoms. The zero-order valence-electron chi connectivity index (χ0n) is 12.8. The summed E-state index contributed by atoms with van der Waals surface area (Å²) in [5.74, 6) is -1.41. The first-order valence-electron chi connectivity index (χ1n) is 7.15. The van der Waals surface area contributed by atoms with E-state index < -0.39 is 22.5 Å². The molecule has 20 heavy (non-hydrogen) atoms. The molecule has 0 heterocycles. The van der Waals surface area contributed by atoms with Crippen LogP contribution in [0.2, 0.25) is 0 Å². The molecule has 114 valence electrons. The predicted octanol–water partition coefficient (Wildman–Crippen LogP) is -1.81. The second-order valence-corrected chi connectivity index (χ2v) is 6.77. The molecule has 0 atom stereocenters. The van der Waals surface area contributed by atoms with E-state index in [-0.39, 0.29) is 35.3 Å². The first kappa shape index (κ1) is 22.7. The van der Waals surface area contributed by atoms with Crippen LogP contribution in [0.15, 0.2) is 0 Å². The van der Waals surface area contributed by atoms with Crippen molar-refractivity contribution in [2.45, 2.75) is 64.7 Å². The summed E-state index contributed by atoms with van der Waals surface area (Å²) in [5.41, 5.74) is 0. The van der Waals surface area contributed by atoms with Crippen molar-refractivity contribution in [2.24, 2.45) is 0 Å². The number of rotatable bonds is 13. The molecule has 0 saturated heterocycles. The molecule has 7 heteroatoms. The van der Waals surface area contributed by atoms with Crippen molar-refractivity contribution in [1.82, 2.24) is 4.72 Å². The van der Waals surface area contributed by atoms with Gasteiger partial charge in [-0.3, -0.25) is 0 Å². The van der Waals surface area contributed by atoms with Gasteiger partial charge in [-0.15, -0.1) is 0 Å². The Morgan fingerprint density at radius 1 is 0.950 bits per heavy atom. The van der Waals surface area contributed by atoms with Crippen LogP contribution < -0.4 is 39.4 Å². The van der Waals surface area contributed by atoms with Crippen molar-refractivity contribution in [3.05, 3.63) is 0 Å². The summed E-state index contributed by atoms with van der Waals surface area (Å²) in [6.45, 7) is 1.55. The van der Waals surface area contributed by atoms with E-state index >= 15 is 0 Å². The maximum Gasteiger partial charge on any atom is 1.00 e. The minimum absolute atomic E-state index is 0. The van der Waals surface area contributed by atoms with Crippen LogP contribution in [0.4, 0.5) is 0 Å². The Bertz CT molecular complexity index is 333. The molecule has 0 aromatic heterocycles. The molecule has 0 aliphatic carbocycles. The Morgan fingerprint density at radius 2 is 1.40 bits per heavy atom. The van der Waals surface area contributed by atoms with Gasteiger partial charge in [0.2, 0.25) is 10.0 Å². The van der Waals surface area contributed by atoms with Gasteiger partial charge in [0.15, 0.2) is 0 Å².